The SMILES string of the molecule is O=c1[nH]c2cc(Cl)c(-c3ccc(-c4ccccc4)cc3)nc2[nH]1. The highest BCUT2D eigenvalue weighted by Gasteiger charge is 2.10. The average molecular weight is 322 g/mol. The van der Waals surface area contributed by atoms with E-state index in [0.717, 1.165) is 16.7 Å². The summed E-state index contributed by atoms with van der Waals surface area (Å²) in [6, 6.07) is 19.9. The van der Waals surface area contributed by atoms with Crippen LogP contribution in [0.5, 0.6) is 0 Å². The molecule has 0 radical (unpaired) electrons. The summed E-state index contributed by atoms with van der Waals surface area (Å²) in [5, 5.41) is 0.500. The highest BCUT2D eigenvalue weighted by Crippen LogP contribution is 2.29. The minimum atomic E-state index is -0.292. The van der Waals surface area contributed by atoms with Crippen LogP contribution < -0.4 is 5.69 Å². The first-order chi connectivity index (χ1) is 11.2. The lowest BCUT2D eigenvalue weighted by molar-refractivity contribution is 1.20. The number of aromatic nitrogens is 3. The summed E-state index contributed by atoms with van der Waals surface area (Å²) >= 11 is 6.31. The Labute approximate surface area is 136 Å². The standard InChI is InChI=1S/C18H12ClN3O/c19-14-10-15-17(22-18(23)20-15)21-16(14)13-8-6-12(7-9-13)11-4-2-1-3-5-11/h1-10H,(H2,20,21,22,23). The smallest absolute Gasteiger partial charge is 0.304 e. The van der Waals surface area contributed by atoms with E-state index in [4.69, 9.17) is 11.6 Å². The van der Waals surface area contributed by atoms with Crippen molar-refractivity contribution in [3.05, 3.63) is 76.2 Å². The lowest BCUT2D eigenvalue weighted by Crippen LogP contribution is -1.99. The topological polar surface area (TPSA) is 61.5 Å². The second kappa shape index (κ2) is 5.41. The van der Waals surface area contributed by atoms with Crippen LogP contribution in [-0.2, 0) is 0 Å². The van der Waals surface area contributed by atoms with Crippen molar-refractivity contribution in [3.8, 4) is 22.4 Å². The number of fused-ring (bicyclic) bond motifs is 1. The normalized spacial score (nSPS) is 11.0. The number of H-pyrrole nitrogens is 2. The Morgan fingerprint density at radius 3 is 2.22 bits per heavy atom. The van der Waals surface area contributed by atoms with Crippen molar-refractivity contribution in [2.24, 2.45) is 0 Å². The van der Waals surface area contributed by atoms with Crippen LogP contribution in [0.2, 0.25) is 5.02 Å². The van der Waals surface area contributed by atoms with Crippen LogP contribution in [0.4, 0.5) is 0 Å². The van der Waals surface area contributed by atoms with Crippen molar-refractivity contribution in [2.45, 2.75) is 0 Å². The van der Waals surface area contributed by atoms with Crippen LogP contribution in [0.3, 0.4) is 0 Å². The fraction of sp³-hybridized carbons (Fsp3) is 0. The zero-order valence-electron chi connectivity index (χ0n) is 12.0. The van der Waals surface area contributed by atoms with Gasteiger partial charge in [0.2, 0.25) is 0 Å². The molecule has 4 nitrogen and oxygen atoms in total. The summed E-state index contributed by atoms with van der Waals surface area (Å²) in [6.45, 7) is 0. The Kier molecular flexibility index (Phi) is 3.24. The predicted octanol–water partition coefficient (Wildman–Crippen LogP) is 4.24. The van der Waals surface area contributed by atoms with Crippen LogP contribution in [0.15, 0.2) is 65.5 Å². The summed E-state index contributed by atoms with van der Waals surface area (Å²) in [6.07, 6.45) is 0. The van der Waals surface area contributed by atoms with Crippen LogP contribution >= 0.6 is 11.6 Å². The first-order valence-corrected chi connectivity index (χ1v) is 7.53. The largest absolute Gasteiger partial charge is 0.325 e. The molecular formula is C18H12ClN3O. The molecule has 0 saturated heterocycles. The minimum Gasteiger partial charge on any atom is -0.304 e. The molecule has 112 valence electrons. The third-order valence-corrected chi connectivity index (χ3v) is 4.01. The molecule has 2 aromatic carbocycles. The highest BCUT2D eigenvalue weighted by atomic mass is 35.5. The van der Waals surface area contributed by atoms with Crippen LogP contribution in [-0.4, -0.2) is 15.0 Å². The van der Waals surface area contributed by atoms with Crippen LogP contribution in [0.1, 0.15) is 0 Å². The second-order valence-electron chi connectivity index (χ2n) is 5.24. The molecule has 0 aliphatic heterocycles. The van der Waals surface area contributed by atoms with E-state index in [0.29, 0.717) is 21.9 Å². The molecule has 0 aliphatic carbocycles. The molecule has 0 atom stereocenters. The van der Waals surface area contributed by atoms with Crippen molar-refractivity contribution < 1.29 is 0 Å². The number of pyridine rings is 1. The van der Waals surface area contributed by atoms with Gasteiger partial charge >= 0.3 is 5.69 Å². The van der Waals surface area contributed by atoms with E-state index in [1.54, 1.807) is 6.07 Å². The van der Waals surface area contributed by atoms with Gasteiger partial charge < -0.3 is 4.98 Å². The van der Waals surface area contributed by atoms with E-state index < -0.39 is 0 Å². The summed E-state index contributed by atoms with van der Waals surface area (Å²) in [4.78, 5) is 21.1. The van der Waals surface area contributed by atoms with Crippen molar-refractivity contribution in [1.82, 2.24) is 15.0 Å². The molecule has 2 N–H and O–H groups in total. The third-order valence-electron chi connectivity index (χ3n) is 3.72. The second-order valence-corrected chi connectivity index (χ2v) is 5.64. The Balaban J connectivity index is 1.79. The number of rotatable bonds is 2. The van der Waals surface area contributed by atoms with Gasteiger partial charge in [-0.3, -0.25) is 4.98 Å². The Morgan fingerprint density at radius 2 is 1.48 bits per heavy atom. The fourth-order valence-corrected chi connectivity index (χ4v) is 2.85. The number of benzene rings is 2. The van der Waals surface area contributed by atoms with E-state index in [1.807, 2.05) is 42.5 Å². The molecular weight excluding hydrogens is 310 g/mol. The Bertz CT molecular complexity index is 1030. The van der Waals surface area contributed by atoms with Crippen molar-refractivity contribution in [1.29, 1.82) is 0 Å². The molecule has 23 heavy (non-hydrogen) atoms. The molecule has 0 saturated carbocycles. The van der Waals surface area contributed by atoms with Crippen molar-refractivity contribution in [3.63, 3.8) is 0 Å². The highest BCUT2D eigenvalue weighted by molar-refractivity contribution is 6.33. The minimum absolute atomic E-state index is 0.292. The molecule has 4 aromatic rings. The summed E-state index contributed by atoms with van der Waals surface area (Å²) < 4.78 is 0. The maximum Gasteiger partial charge on any atom is 0.325 e. The molecule has 2 heterocycles. The van der Waals surface area contributed by atoms with Gasteiger partial charge in [0.05, 0.1) is 16.2 Å². The monoisotopic (exact) mass is 321 g/mol. The number of hydrogen-bond donors (Lipinski definition) is 2. The molecule has 4 rings (SSSR count). The lowest BCUT2D eigenvalue weighted by Gasteiger charge is -2.06. The molecule has 5 heteroatoms. The average Bonchev–Trinajstić information content (AvgIpc) is 2.94. The van der Waals surface area contributed by atoms with Crippen LogP contribution in [0.25, 0.3) is 33.5 Å². The quantitative estimate of drug-likeness (QED) is 0.580. The van der Waals surface area contributed by atoms with E-state index in [1.165, 1.54) is 0 Å². The Morgan fingerprint density at radius 1 is 0.826 bits per heavy atom. The number of imidazole rings is 1. The van der Waals surface area contributed by atoms with E-state index in [9.17, 15) is 4.79 Å². The van der Waals surface area contributed by atoms with Gasteiger partial charge in [-0.25, -0.2) is 9.78 Å². The van der Waals surface area contributed by atoms with Gasteiger partial charge in [-0.2, -0.15) is 0 Å². The van der Waals surface area contributed by atoms with Crippen molar-refractivity contribution >= 4 is 22.8 Å². The summed E-state index contributed by atoms with van der Waals surface area (Å²) in [7, 11) is 0. The van der Waals surface area contributed by atoms with Gasteiger partial charge in [-0.1, -0.05) is 66.2 Å². The lowest BCUT2D eigenvalue weighted by atomic mass is 10.0. The number of nitrogens with one attached hydrogen (secondary N) is 2. The van der Waals surface area contributed by atoms with Gasteiger partial charge in [-0.05, 0) is 17.2 Å². The maximum absolute atomic E-state index is 11.4. The molecule has 0 fully saturated rings. The van der Waals surface area contributed by atoms with E-state index in [2.05, 4.69) is 27.1 Å². The van der Waals surface area contributed by atoms with Gasteiger partial charge in [0.1, 0.15) is 0 Å². The predicted molar refractivity (Wildman–Crippen MR) is 92.6 cm³/mol. The van der Waals surface area contributed by atoms with Gasteiger partial charge in [0.25, 0.3) is 0 Å². The number of hydrogen-bond acceptors (Lipinski definition) is 2. The summed E-state index contributed by atoms with van der Waals surface area (Å²) in [5.41, 5.74) is 4.64. The first-order valence-electron chi connectivity index (χ1n) is 7.15. The molecule has 0 spiro atoms. The number of halogens is 1. The van der Waals surface area contributed by atoms with E-state index >= 15 is 0 Å². The van der Waals surface area contributed by atoms with Gasteiger partial charge in [0.15, 0.2) is 5.65 Å². The zero-order valence-corrected chi connectivity index (χ0v) is 12.8. The number of aromatic amines is 2. The molecule has 0 amide bonds. The maximum atomic E-state index is 11.4. The van der Waals surface area contributed by atoms with Crippen molar-refractivity contribution in [2.75, 3.05) is 0 Å². The third kappa shape index (κ3) is 2.53. The Hall–Kier alpha value is -2.85. The summed E-state index contributed by atoms with van der Waals surface area (Å²) in [5.74, 6) is 0. The molecule has 0 bridgehead atoms. The number of nitrogens with zero attached hydrogens (tertiary/aromatic N) is 1. The van der Waals surface area contributed by atoms with Crippen LogP contribution in [0, 0.1) is 0 Å². The molecule has 0 unspecified atom stereocenters. The van der Waals surface area contributed by atoms with Gasteiger partial charge in [0, 0.05) is 5.56 Å². The first kappa shape index (κ1) is 13.8. The molecule has 0 aliphatic rings. The van der Waals surface area contributed by atoms with Gasteiger partial charge in [-0.15, -0.1) is 0 Å². The fourth-order valence-electron chi connectivity index (χ4n) is 2.59. The van der Waals surface area contributed by atoms with E-state index in [-0.39, 0.29) is 5.69 Å². The zero-order chi connectivity index (χ0) is 15.8. The molecule has 2 aromatic heterocycles.